The third kappa shape index (κ3) is 31.2. The van der Waals surface area contributed by atoms with Crippen LogP contribution in [0.4, 0.5) is 22.7 Å². The number of hydrogen-bond donors (Lipinski definition) is 6. The number of nitrogens with two attached hydrogens (primary N) is 1. The summed E-state index contributed by atoms with van der Waals surface area (Å²) >= 11 is 5.97. The average molecular weight is 1740 g/mol. The molecule has 0 saturated heterocycles. The van der Waals surface area contributed by atoms with E-state index < -0.39 is 31.1 Å². The fourth-order valence-corrected chi connectivity index (χ4v) is 15.3. The molecule has 7 aromatic carbocycles. The van der Waals surface area contributed by atoms with Crippen molar-refractivity contribution in [3.63, 3.8) is 0 Å². The lowest BCUT2D eigenvalue weighted by Crippen LogP contribution is -2.30. The number of nitrogens with one attached hydrogen (secondary N) is 4. The number of aromatic nitrogens is 4. The van der Waals surface area contributed by atoms with E-state index in [4.69, 9.17) is 10.3 Å². The first-order valence-electron chi connectivity index (χ1n) is 36.4. The number of hydrogen-bond acceptors (Lipinski definition) is 23. The highest BCUT2D eigenvalue weighted by Crippen LogP contribution is 2.29. The van der Waals surface area contributed by atoms with Gasteiger partial charge in [0.15, 0.2) is 17.3 Å². The van der Waals surface area contributed by atoms with E-state index in [1.807, 2.05) is 65.2 Å². The van der Waals surface area contributed by atoms with Gasteiger partial charge in [0.05, 0.1) is 67.4 Å². The largest absolute Gasteiger partial charge is 0.357 e. The van der Waals surface area contributed by atoms with E-state index in [1.54, 1.807) is 133 Å². The molecule has 4 atom stereocenters. The van der Waals surface area contributed by atoms with Crippen LogP contribution in [0.25, 0.3) is 0 Å². The third-order valence-corrected chi connectivity index (χ3v) is 21.9. The highest BCUT2D eigenvalue weighted by atomic mass is 79.9. The highest BCUT2D eigenvalue weighted by Gasteiger charge is 2.25. The van der Waals surface area contributed by atoms with E-state index in [1.165, 1.54) is 82.5 Å². The first-order valence-corrected chi connectivity index (χ1v) is 41.4. The first kappa shape index (κ1) is 93.7. The quantitative estimate of drug-likeness (QED) is 0.00919. The molecular formula is C83H91BrN12O15S5. The second-order valence-corrected chi connectivity index (χ2v) is 30.5. The smallest absolute Gasteiger partial charge is 0.347 e. The monoisotopic (exact) mass is 1730 g/mol. The molecule has 0 saturated carbocycles. The van der Waals surface area contributed by atoms with Crippen molar-refractivity contribution >= 4 is 130 Å². The van der Waals surface area contributed by atoms with Gasteiger partial charge in [0, 0.05) is 113 Å². The van der Waals surface area contributed by atoms with Gasteiger partial charge in [-0.1, -0.05) is 175 Å². The molecule has 0 aliphatic rings. The number of rotatable bonds is 36. The minimum absolute atomic E-state index is 0. The van der Waals surface area contributed by atoms with Crippen LogP contribution in [0.15, 0.2) is 210 Å². The Kier molecular flexibility index (Phi) is 38.5. The normalized spacial score (nSPS) is 11.7. The van der Waals surface area contributed by atoms with Crippen LogP contribution in [0.1, 0.15) is 194 Å². The number of benzene rings is 7. The van der Waals surface area contributed by atoms with Crippen LogP contribution in [0.5, 0.6) is 0 Å². The van der Waals surface area contributed by atoms with E-state index in [0.717, 1.165) is 90.7 Å². The van der Waals surface area contributed by atoms with Crippen molar-refractivity contribution in [2.45, 2.75) is 149 Å². The molecule has 7 N–H and O–H groups in total. The van der Waals surface area contributed by atoms with Gasteiger partial charge in [0.2, 0.25) is 17.7 Å². The van der Waals surface area contributed by atoms with Crippen molar-refractivity contribution in [1.82, 2.24) is 35.9 Å². The number of ketones is 3. The predicted molar refractivity (Wildman–Crippen MR) is 458 cm³/mol. The van der Waals surface area contributed by atoms with Crippen LogP contribution in [0.3, 0.4) is 0 Å². The zero-order valence-corrected chi connectivity index (χ0v) is 69.0. The molecule has 0 radical (unpaired) electrons. The fraction of sp³-hybridized carbons (Fsp3) is 0.277. The molecule has 0 unspecified atom stereocenters. The van der Waals surface area contributed by atoms with Crippen molar-refractivity contribution in [3.05, 3.63) is 322 Å². The molecule has 116 heavy (non-hydrogen) atoms. The van der Waals surface area contributed by atoms with Crippen LogP contribution >= 0.6 is 62.3 Å². The maximum absolute atomic E-state index is 12.6. The van der Waals surface area contributed by atoms with Gasteiger partial charge in [-0.2, -0.15) is 8.42 Å². The van der Waals surface area contributed by atoms with Crippen molar-refractivity contribution in [2.24, 2.45) is 5.73 Å². The topological polar surface area (TPSA) is 412 Å². The number of halogens is 1. The zero-order valence-electron chi connectivity index (χ0n) is 63.2. The summed E-state index contributed by atoms with van der Waals surface area (Å²) in [5, 5.41) is 52.4. The van der Waals surface area contributed by atoms with E-state index in [9.17, 15) is 67.5 Å². The first-order chi connectivity index (χ1) is 54.7. The molecule has 33 heteroatoms. The summed E-state index contributed by atoms with van der Waals surface area (Å²) in [6, 6.07) is 50.9. The number of Topliss-reactive ketones (excluding diaryl/α,β-unsaturated/α-hetero) is 3. The molecule has 4 aromatic heterocycles. The molecule has 610 valence electrons. The number of amides is 3. The lowest BCUT2D eigenvalue weighted by Gasteiger charge is -2.17. The molecular weight excluding hydrogens is 1650 g/mol. The molecule has 0 spiro atoms. The number of nitro benzene ring substituents is 3. The van der Waals surface area contributed by atoms with Gasteiger partial charge >= 0.3 is 10.3 Å². The summed E-state index contributed by atoms with van der Waals surface area (Å²) in [7, 11) is -4.35. The molecule has 4 heterocycles. The number of aryl methyl sites for hydroxylation is 4. The molecule has 3 amide bonds. The summed E-state index contributed by atoms with van der Waals surface area (Å²) in [6.45, 7) is 8.08. The van der Waals surface area contributed by atoms with Crippen LogP contribution in [-0.4, -0.2) is 82.7 Å². The Morgan fingerprint density at radius 1 is 0.397 bits per heavy atom. The number of thiazole rings is 4. The van der Waals surface area contributed by atoms with Crippen molar-refractivity contribution in [3.8, 4) is 0 Å². The van der Waals surface area contributed by atoms with Gasteiger partial charge in [-0.05, 0) is 85.8 Å². The molecule has 0 fully saturated rings. The Hall–Kier alpha value is -11.2. The fourth-order valence-electron chi connectivity index (χ4n) is 11.1. The maximum Gasteiger partial charge on any atom is 0.357 e. The lowest BCUT2D eigenvalue weighted by atomic mass is 10.0. The van der Waals surface area contributed by atoms with Crippen molar-refractivity contribution < 1.29 is 56.5 Å². The van der Waals surface area contributed by atoms with Crippen molar-refractivity contribution in [2.75, 3.05) is 4.72 Å². The van der Waals surface area contributed by atoms with Crippen LogP contribution in [-0.2, 0) is 76.1 Å². The summed E-state index contributed by atoms with van der Waals surface area (Å²) in [4.78, 5) is 124. The Balaban J connectivity index is 0.000000243. The summed E-state index contributed by atoms with van der Waals surface area (Å²) < 4.78 is 32.8. The minimum Gasteiger partial charge on any atom is -0.347 e. The molecule has 11 rings (SSSR count). The van der Waals surface area contributed by atoms with Gasteiger partial charge < -0.3 is 21.7 Å². The SMILES string of the molecule is Br.C.CCc1csc([C@@H](N)Cc2ccc([N+](=O)[O-])cc2)n1.CCc1csc([C@H](Cc2ccc(NS(=O)(=O)O)cc2)NC(=O)CCC(=O)c2ccccc2)n1.CCc1csc([C@H](Cc2ccc([N+](=O)[O-])cc2)NC(=O)CCC(=O)c2ccccc2)n1.CCc1csc([C@H](Cc2ccc([N+](=O)[O-])cc2)NC(=O)CCC(=O)c2ccccc2)n1. The van der Waals surface area contributed by atoms with Crippen LogP contribution in [0.2, 0.25) is 0 Å². The van der Waals surface area contributed by atoms with Gasteiger partial charge in [-0.25, -0.2) is 19.9 Å². The number of non-ortho nitro benzene ring substituents is 3. The van der Waals surface area contributed by atoms with Gasteiger partial charge in [-0.3, -0.25) is 68.4 Å². The Morgan fingerprint density at radius 2 is 0.647 bits per heavy atom. The second kappa shape index (κ2) is 47.6. The minimum atomic E-state index is -4.35. The molecule has 27 nitrogen and oxygen atoms in total. The van der Waals surface area contributed by atoms with E-state index in [-0.39, 0.29) is 139 Å². The molecule has 11 aromatic rings. The van der Waals surface area contributed by atoms with Gasteiger partial charge in [0.25, 0.3) is 17.1 Å². The second-order valence-electron chi connectivity index (χ2n) is 25.8. The number of carbonyl (C=O) groups excluding carboxylic acids is 6. The lowest BCUT2D eigenvalue weighted by molar-refractivity contribution is -0.385. The zero-order chi connectivity index (χ0) is 82.1. The average Bonchev–Trinajstić information content (AvgIpc) is 1.63. The van der Waals surface area contributed by atoms with E-state index >= 15 is 0 Å². The molecule has 0 aliphatic carbocycles. The Bertz CT molecular complexity index is 4950. The number of anilines is 1. The van der Waals surface area contributed by atoms with E-state index in [0.29, 0.717) is 42.4 Å². The third-order valence-electron chi connectivity index (χ3n) is 17.4. The Labute approximate surface area is 699 Å². The highest BCUT2D eigenvalue weighted by molar-refractivity contribution is 8.93. The van der Waals surface area contributed by atoms with E-state index in [2.05, 4.69) is 42.8 Å². The molecule has 0 bridgehead atoms. The van der Waals surface area contributed by atoms with Gasteiger partial charge in [0.1, 0.15) is 20.0 Å². The number of carbonyl (C=O) groups is 6. The summed E-state index contributed by atoms with van der Waals surface area (Å²) in [6.07, 6.45) is 5.81. The van der Waals surface area contributed by atoms with Crippen LogP contribution in [0, 0.1) is 30.3 Å². The summed E-state index contributed by atoms with van der Waals surface area (Å²) in [5.74, 6) is -0.960. The van der Waals surface area contributed by atoms with Crippen molar-refractivity contribution in [1.29, 1.82) is 0 Å². The standard InChI is InChI=1S/C23H25N3O5S2.2C23H23N3O4S.C13H15N3O2S.CH4.BrH/c1-2-18-15-32-23(24-18)20(14-16-8-10-19(11-9-16)26-33(29,30)31)25-22(28)13-12-21(27)17-6-4-3-5-7-17;2*1-2-18-15-31-23(24-18)20(14-16-8-10-19(11-9-16)26(29)30)25-22(28)13-12-21(27)17-6-4-3-5-7-17;1-2-10-8-19-13(15-10)12(14)7-9-3-5-11(6-4-9)16(17)18;;/h3-11,15,20,26H,2,12-14H2,1H3,(H,25,28)(H,29,30,31);2*3-11,15,20H,2,12-14H2,1H3,(H,25,28);3-6,8,12H,2,7,14H2,1H3;1H4;1H/t3*20-;12-;;/m0000../s1. The number of nitrogens with zero attached hydrogens (tertiary/aromatic N) is 7. The predicted octanol–water partition coefficient (Wildman–Crippen LogP) is 17.4. The Morgan fingerprint density at radius 3 is 0.897 bits per heavy atom. The van der Waals surface area contributed by atoms with Gasteiger partial charge in [-0.15, -0.1) is 62.3 Å². The van der Waals surface area contributed by atoms with Crippen LogP contribution < -0.4 is 26.4 Å². The molecule has 0 aliphatic heterocycles. The maximum atomic E-state index is 12.6. The summed E-state index contributed by atoms with van der Waals surface area (Å²) in [5.41, 5.74) is 15.6. The number of nitro groups is 3.